The van der Waals surface area contributed by atoms with Gasteiger partial charge in [0.05, 0.1) is 39.6 Å². The number of thiol groups is 1. The Bertz CT molecular complexity index is 486. The Kier molecular flexibility index (Phi) is 19.6. The van der Waals surface area contributed by atoms with Gasteiger partial charge in [-0.2, -0.15) is 12.6 Å². The van der Waals surface area contributed by atoms with Gasteiger partial charge in [0.25, 0.3) is 0 Å². The van der Waals surface area contributed by atoms with Crippen molar-refractivity contribution >= 4 is 30.4 Å². The van der Waals surface area contributed by atoms with Gasteiger partial charge in [0.2, 0.25) is 5.91 Å². The summed E-state index contributed by atoms with van der Waals surface area (Å²) >= 11 is 4.40. The fourth-order valence-electron chi connectivity index (χ4n) is 2.51. The van der Waals surface area contributed by atoms with Gasteiger partial charge in [0, 0.05) is 37.7 Å². The van der Waals surface area contributed by atoms with Crippen LogP contribution in [0.5, 0.6) is 0 Å². The van der Waals surface area contributed by atoms with E-state index in [-0.39, 0.29) is 37.2 Å². The second kappa shape index (κ2) is 20.5. The van der Waals surface area contributed by atoms with Gasteiger partial charge < -0.3 is 34.0 Å². The van der Waals surface area contributed by atoms with Crippen molar-refractivity contribution in [3.8, 4) is 0 Å². The van der Waals surface area contributed by atoms with Gasteiger partial charge in [-0.1, -0.05) is 13.8 Å². The number of nitrogens with zero attached hydrogens (tertiary/aromatic N) is 1. The van der Waals surface area contributed by atoms with E-state index in [0.717, 1.165) is 12.8 Å². The van der Waals surface area contributed by atoms with Gasteiger partial charge in [-0.05, 0) is 19.8 Å². The molecule has 1 N–H and O–H groups in total. The number of ketones is 1. The molecule has 2 amide bonds. The first-order valence-electron chi connectivity index (χ1n) is 11.1. The molecule has 0 saturated carbocycles. The first-order valence-corrected chi connectivity index (χ1v) is 11.6. The molecule has 0 aliphatic carbocycles. The molecule has 1 aliphatic heterocycles. The molecule has 1 heterocycles. The van der Waals surface area contributed by atoms with Crippen molar-refractivity contribution < 1.29 is 33.3 Å². The Morgan fingerprint density at radius 2 is 1.39 bits per heavy atom. The third-order valence-corrected chi connectivity index (χ3v) is 4.71. The van der Waals surface area contributed by atoms with Crippen molar-refractivity contribution in [3.05, 3.63) is 0 Å². The minimum Gasteiger partial charge on any atom is -0.447 e. The molecule has 10 heteroatoms. The van der Waals surface area contributed by atoms with E-state index in [1.165, 1.54) is 6.92 Å². The number of likely N-dealkylation sites (tertiary alicyclic amines) is 1. The van der Waals surface area contributed by atoms with E-state index in [4.69, 9.17) is 18.9 Å². The molecule has 31 heavy (non-hydrogen) atoms. The normalized spacial score (nSPS) is 13.9. The summed E-state index contributed by atoms with van der Waals surface area (Å²) in [6.45, 7) is 9.88. The van der Waals surface area contributed by atoms with Crippen LogP contribution in [-0.2, 0) is 28.5 Å². The second-order valence-corrected chi connectivity index (χ2v) is 7.45. The quantitative estimate of drug-likeness (QED) is 0.282. The first kappa shape index (κ1) is 29.6. The number of nitrogens with one attached hydrogen (secondary N) is 1. The molecular formula is C21H40N2O7S. The molecule has 1 aliphatic rings. The van der Waals surface area contributed by atoms with Gasteiger partial charge >= 0.3 is 6.09 Å². The molecular weight excluding hydrogens is 424 g/mol. The van der Waals surface area contributed by atoms with E-state index in [1.54, 1.807) is 4.90 Å². The van der Waals surface area contributed by atoms with Crippen LogP contribution in [0.2, 0.25) is 0 Å². The highest BCUT2D eigenvalue weighted by Gasteiger charge is 2.21. The zero-order chi connectivity index (χ0) is 23.3. The van der Waals surface area contributed by atoms with Crippen LogP contribution in [-0.4, -0.2) is 93.8 Å². The topological polar surface area (TPSA) is 103 Å². The van der Waals surface area contributed by atoms with Crippen molar-refractivity contribution in [1.82, 2.24) is 10.2 Å². The van der Waals surface area contributed by atoms with Crippen LogP contribution in [0, 0.1) is 0 Å². The van der Waals surface area contributed by atoms with Gasteiger partial charge in [0.1, 0.15) is 12.4 Å². The standard InChI is InChI=1S/C19H34N2O7S.C2H6/c1-16(22)2-3-18(23)20-6-9-25-10-11-26-12-13-27-14-15-28-19(24)21-7-4-17(29)5-8-21;1-2/h17,29H,2-15H2,1H3,(H,20,23);1-2H3. The SMILES string of the molecule is CC.CC(=O)CCC(=O)NCCOCCOCCOCCOC(=O)N1CCC(S)CC1. The number of rotatable bonds is 15. The summed E-state index contributed by atoms with van der Waals surface area (Å²) < 4.78 is 21.2. The molecule has 1 rings (SSSR count). The van der Waals surface area contributed by atoms with Crippen LogP contribution in [0.4, 0.5) is 4.79 Å². The predicted octanol–water partition coefficient (Wildman–Crippen LogP) is 2.08. The minimum atomic E-state index is -0.294. The minimum absolute atomic E-state index is 0.00295. The molecule has 0 bridgehead atoms. The Balaban J connectivity index is 0.00000436. The fourth-order valence-corrected chi connectivity index (χ4v) is 2.74. The van der Waals surface area contributed by atoms with Crippen LogP contribution >= 0.6 is 12.6 Å². The average Bonchev–Trinajstić information content (AvgIpc) is 2.77. The predicted molar refractivity (Wildman–Crippen MR) is 122 cm³/mol. The summed E-state index contributed by atoms with van der Waals surface area (Å²) in [5, 5.41) is 3.05. The lowest BCUT2D eigenvalue weighted by Crippen LogP contribution is -2.39. The maximum absolute atomic E-state index is 11.8. The molecule has 9 nitrogen and oxygen atoms in total. The number of hydrogen-bond donors (Lipinski definition) is 2. The number of piperidine rings is 1. The van der Waals surface area contributed by atoms with Gasteiger partial charge in [-0.25, -0.2) is 4.79 Å². The number of Topliss-reactive ketones (excluding diaryl/α,β-unsaturated/α-hetero) is 1. The lowest BCUT2D eigenvalue weighted by Gasteiger charge is -2.28. The largest absolute Gasteiger partial charge is 0.447 e. The van der Waals surface area contributed by atoms with E-state index >= 15 is 0 Å². The average molecular weight is 465 g/mol. The van der Waals surface area contributed by atoms with Crippen LogP contribution in [0.3, 0.4) is 0 Å². The highest BCUT2D eigenvalue weighted by atomic mass is 32.1. The molecule has 0 radical (unpaired) electrons. The van der Waals surface area contributed by atoms with E-state index in [9.17, 15) is 14.4 Å². The van der Waals surface area contributed by atoms with Gasteiger partial charge in [-0.15, -0.1) is 0 Å². The van der Waals surface area contributed by atoms with Crippen LogP contribution in [0.15, 0.2) is 0 Å². The summed E-state index contributed by atoms with van der Waals surface area (Å²) in [5.74, 6) is -0.145. The molecule has 0 unspecified atom stereocenters. The van der Waals surface area contributed by atoms with E-state index in [0.29, 0.717) is 64.5 Å². The number of carbonyl (C=O) groups is 3. The Morgan fingerprint density at radius 3 is 1.94 bits per heavy atom. The molecule has 1 saturated heterocycles. The maximum atomic E-state index is 11.8. The number of carbonyl (C=O) groups excluding carboxylic acids is 3. The zero-order valence-corrected chi connectivity index (χ0v) is 20.1. The summed E-state index contributed by atoms with van der Waals surface area (Å²) in [5.41, 5.74) is 0. The Hall–Kier alpha value is -1.36. The Morgan fingerprint density at radius 1 is 0.871 bits per heavy atom. The van der Waals surface area contributed by atoms with E-state index < -0.39 is 0 Å². The Labute approximate surface area is 191 Å². The number of amides is 2. The van der Waals surface area contributed by atoms with Crippen molar-refractivity contribution in [2.75, 3.05) is 65.9 Å². The zero-order valence-electron chi connectivity index (χ0n) is 19.2. The van der Waals surface area contributed by atoms with Gasteiger partial charge in [-0.3, -0.25) is 4.79 Å². The lowest BCUT2D eigenvalue weighted by atomic mass is 10.1. The molecule has 0 aromatic rings. The van der Waals surface area contributed by atoms with Crippen molar-refractivity contribution in [2.24, 2.45) is 0 Å². The molecule has 0 atom stereocenters. The third kappa shape index (κ3) is 18.0. The number of hydrogen-bond acceptors (Lipinski definition) is 8. The van der Waals surface area contributed by atoms with Gasteiger partial charge in [0.15, 0.2) is 0 Å². The van der Waals surface area contributed by atoms with Crippen LogP contribution < -0.4 is 5.32 Å². The molecule has 0 aromatic heterocycles. The summed E-state index contributed by atoms with van der Waals surface area (Å²) in [6, 6.07) is 0. The monoisotopic (exact) mass is 464 g/mol. The highest BCUT2D eigenvalue weighted by Crippen LogP contribution is 2.15. The van der Waals surface area contributed by atoms with Crippen molar-refractivity contribution in [2.45, 2.75) is 51.7 Å². The molecule has 0 aromatic carbocycles. The summed E-state index contributed by atoms with van der Waals surface area (Å²) in [7, 11) is 0. The lowest BCUT2D eigenvalue weighted by molar-refractivity contribution is -0.124. The highest BCUT2D eigenvalue weighted by molar-refractivity contribution is 7.80. The van der Waals surface area contributed by atoms with Crippen molar-refractivity contribution in [3.63, 3.8) is 0 Å². The summed E-state index contributed by atoms with van der Waals surface area (Å²) in [4.78, 5) is 35.7. The van der Waals surface area contributed by atoms with Crippen molar-refractivity contribution in [1.29, 1.82) is 0 Å². The number of ether oxygens (including phenoxy) is 4. The fraction of sp³-hybridized carbons (Fsp3) is 0.857. The first-order chi connectivity index (χ1) is 15.0. The molecule has 1 fully saturated rings. The molecule has 182 valence electrons. The maximum Gasteiger partial charge on any atom is 0.409 e. The summed E-state index contributed by atoms with van der Waals surface area (Å²) in [6.07, 6.45) is 1.97. The molecule has 0 spiro atoms. The second-order valence-electron chi connectivity index (χ2n) is 6.72. The smallest absolute Gasteiger partial charge is 0.409 e. The van der Waals surface area contributed by atoms with E-state index in [2.05, 4.69) is 17.9 Å². The van der Waals surface area contributed by atoms with Crippen LogP contribution in [0.1, 0.15) is 46.5 Å². The van der Waals surface area contributed by atoms with Crippen LogP contribution in [0.25, 0.3) is 0 Å². The third-order valence-electron chi connectivity index (χ3n) is 4.19. The van der Waals surface area contributed by atoms with E-state index in [1.807, 2.05) is 13.8 Å².